The van der Waals surface area contributed by atoms with Crippen molar-refractivity contribution in [2.24, 2.45) is 5.92 Å². The number of carbonyl (C=O) groups is 1. The number of esters is 1. The summed E-state index contributed by atoms with van der Waals surface area (Å²) >= 11 is 1.83. The first kappa shape index (κ1) is 13.8. The Labute approximate surface area is 103 Å². The number of carbonyl (C=O) groups excluding carboxylic acids is 1. The predicted octanol–water partition coefficient (Wildman–Crippen LogP) is 2.41. The Kier molecular flexibility index (Phi) is 4.68. The summed E-state index contributed by atoms with van der Waals surface area (Å²) in [6.07, 6.45) is 1.13. The normalized spacial score (nSPS) is 27.8. The Bertz CT molecular complexity index is 250. The van der Waals surface area contributed by atoms with Crippen molar-refractivity contribution < 1.29 is 9.53 Å². The molecule has 0 radical (unpaired) electrons. The summed E-state index contributed by atoms with van der Waals surface area (Å²) in [5.41, 5.74) is -0.391. The molecule has 3 unspecified atom stereocenters. The molecule has 3 atom stereocenters. The molecule has 0 aromatic rings. The van der Waals surface area contributed by atoms with E-state index < -0.39 is 5.60 Å². The number of nitrogens with one attached hydrogen (secondary N) is 1. The molecule has 1 rings (SSSR count). The van der Waals surface area contributed by atoms with Gasteiger partial charge in [-0.3, -0.25) is 10.1 Å². The molecule has 3 nitrogen and oxygen atoms in total. The third-order valence-electron chi connectivity index (χ3n) is 2.66. The van der Waals surface area contributed by atoms with Gasteiger partial charge in [0.15, 0.2) is 0 Å². The molecule has 4 heteroatoms. The van der Waals surface area contributed by atoms with Crippen LogP contribution in [-0.2, 0) is 9.53 Å². The second kappa shape index (κ2) is 5.41. The maximum Gasteiger partial charge on any atom is 0.324 e. The Balaban J connectivity index is 2.44. The second-order valence-electron chi connectivity index (χ2n) is 5.39. The van der Waals surface area contributed by atoms with E-state index in [1.165, 1.54) is 0 Å². The molecule has 1 heterocycles. The summed E-state index contributed by atoms with van der Waals surface area (Å²) in [6.45, 7) is 10.1. The van der Waals surface area contributed by atoms with Crippen molar-refractivity contribution in [2.75, 3.05) is 5.75 Å². The van der Waals surface area contributed by atoms with Gasteiger partial charge in [-0.1, -0.05) is 20.3 Å². The van der Waals surface area contributed by atoms with Crippen LogP contribution in [0.3, 0.4) is 0 Å². The third-order valence-corrected chi connectivity index (χ3v) is 4.15. The minimum atomic E-state index is -0.391. The zero-order valence-corrected chi connectivity index (χ0v) is 11.7. The second-order valence-corrected chi connectivity index (χ2v) is 6.57. The Morgan fingerprint density at radius 1 is 1.56 bits per heavy atom. The van der Waals surface area contributed by atoms with Gasteiger partial charge < -0.3 is 4.74 Å². The molecule has 0 bridgehead atoms. The van der Waals surface area contributed by atoms with Crippen LogP contribution in [0.25, 0.3) is 0 Å². The third kappa shape index (κ3) is 3.98. The predicted molar refractivity (Wildman–Crippen MR) is 68.5 cm³/mol. The van der Waals surface area contributed by atoms with Crippen LogP contribution in [0.2, 0.25) is 0 Å². The lowest BCUT2D eigenvalue weighted by Gasteiger charge is -2.23. The van der Waals surface area contributed by atoms with E-state index in [-0.39, 0.29) is 12.0 Å². The van der Waals surface area contributed by atoms with Crippen LogP contribution in [0.15, 0.2) is 0 Å². The monoisotopic (exact) mass is 245 g/mol. The van der Waals surface area contributed by atoms with Crippen LogP contribution < -0.4 is 5.32 Å². The quantitative estimate of drug-likeness (QED) is 0.775. The Hall–Kier alpha value is -0.220. The fourth-order valence-electron chi connectivity index (χ4n) is 1.55. The van der Waals surface area contributed by atoms with Crippen LogP contribution in [-0.4, -0.2) is 28.7 Å². The minimum Gasteiger partial charge on any atom is -0.459 e. The van der Waals surface area contributed by atoms with E-state index in [1.54, 1.807) is 0 Å². The first-order valence-corrected chi connectivity index (χ1v) is 6.99. The van der Waals surface area contributed by atoms with E-state index in [0.29, 0.717) is 11.3 Å². The first-order valence-electron chi connectivity index (χ1n) is 5.94. The van der Waals surface area contributed by atoms with Crippen molar-refractivity contribution in [2.45, 2.75) is 58.1 Å². The van der Waals surface area contributed by atoms with Crippen molar-refractivity contribution in [1.29, 1.82) is 0 Å². The smallest absolute Gasteiger partial charge is 0.324 e. The highest BCUT2D eigenvalue weighted by Gasteiger charge is 2.34. The van der Waals surface area contributed by atoms with Gasteiger partial charge in [0, 0.05) is 5.75 Å². The van der Waals surface area contributed by atoms with E-state index in [2.05, 4.69) is 19.2 Å². The van der Waals surface area contributed by atoms with Crippen molar-refractivity contribution in [3.05, 3.63) is 0 Å². The van der Waals surface area contributed by atoms with Crippen LogP contribution in [0.1, 0.15) is 41.0 Å². The van der Waals surface area contributed by atoms with Crippen molar-refractivity contribution in [3.63, 3.8) is 0 Å². The molecule has 0 aromatic carbocycles. The van der Waals surface area contributed by atoms with Gasteiger partial charge in [-0.05, 0) is 26.7 Å². The minimum absolute atomic E-state index is 0.120. The molecule has 94 valence electrons. The van der Waals surface area contributed by atoms with Gasteiger partial charge in [0.25, 0.3) is 0 Å². The summed E-state index contributed by atoms with van der Waals surface area (Å²) in [4.78, 5) is 11.8. The van der Waals surface area contributed by atoms with Crippen LogP contribution in [0.4, 0.5) is 0 Å². The average molecular weight is 245 g/mol. The van der Waals surface area contributed by atoms with Gasteiger partial charge in [0.1, 0.15) is 11.6 Å². The number of hydrogen-bond donors (Lipinski definition) is 1. The number of rotatable bonds is 3. The summed E-state index contributed by atoms with van der Waals surface area (Å²) in [5, 5.41) is 3.74. The maximum atomic E-state index is 11.8. The molecule has 0 amide bonds. The zero-order valence-electron chi connectivity index (χ0n) is 10.9. The molecular weight excluding hydrogens is 222 g/mol. The van der Waals surface area contributed by atoms with Gasteiger partial charge >= 0.3 is 5.97 Å². The Morgan fingerprint density at radius 2 is 2.19 bits per heavy atom. The largest absolute Gasteiger partial charge is 0.459 e. The topological polar surface area (TPSA) is 38.3 Å². The van der Waals surface area contributed by atoms with Crippen LogP contribution in [0.5, 0.6) is 0 Å². The van der Waals surface area contributed by atoms with E-state index >= 15 is 0 Å². The highest BCUT2D eigenvalue weighted by molar-refractivity contribution is 8.00. The van der Waals surface area contributed by atoms with E-state index in [9.17, 15) is 4.79 Å². The van der Waals surface area contributed by atoms with Gasteiger partial charge in [-0.15, -0.1) is 11.8 Å². The average Bonchev–Trinajstić information content (AvgIpc) is 2.62. The number of ether oxygens (including phenoxy) is 1. The highest BCUT2D eigenvalue weighted by atomic mass is 32.2. The molecule has 16 heavy (non-hydrogen) atoms. The number of thioether (sulfide) groups is 1. The molecular formula is C12H23NO2S. The highest BCUT2D eigenvalue weighted by Crippen LogP contribution is 2.27. The zero-order chi connectivity index (χ0) is 12.3. The van der Waals surface area contributed by atoms with E-state index in [4.69, 9.17) is 4.74 Å². The van der Waals surface area contributed by atoms with Gasteiger partial charge in [0.2, 0.25) is 0 Å². The fraction of sp³-hybridized carbons (Fsp3) is 0.917. The van der Waals surface area contributed by atoms with Gasteiger partial charge in [-0.25, -0.2) is 0 Å². The standard InChI is InChI=1S/C12H23NO2S/c1-6-8(2)10-13-9(7-16-10)11(14)15-12(3,4)5/h8-10,13H,6-7H2,1-5H3. The number of hydrogen-bond acceptors (Lipinski definition) is 4. The van der Waals surface area contributed by atoms with E-state index in [0.717, 1.165) is 12.2 Å². The molecule has 1 aliphatic rings. The van der Waals surface area contributed by atoms with Crippen molar-refractivity contribution in [1.82, 2.24) is 5.32 Å². The molecule has 0 spiro atoms. The molecule has 0 saturated carbocycles. The van der Waals surface area contributed by atoms with Gasteiger partial charge in [0.05, 0.1) is 5.37 Å². The Morgan fingerprint density at radius 3 is 2.69 bits per heavy atom. The van der Waals surface area contributed by atoms with Crippen molar-refractivity contribution in [3.8, 4) is 0 Å². The molecule has 1 N–H and O–H groups in total. The summed E-state index contributed by atoms with van der Waals surface area (Å²) in [6, 6.07) is -0.136. The van der Waals surface area contributed by atoms with Crippen molar-refractivity contribution >= 4 is 17.7 Å². The lowest BCUT2D eigenvalue weighted by atomic mass is 10.1. The lowest BCUT2D eigenvalue weighted by molar-refractivity contribution is -0.156. The van der Waals surface area contributed by atoms with E-state index in [1.807, 2.05) is 32.5 Å². The molecule has 0 aromatic heterocycles. The molecule has 0 aliphatic carbocycles. The maximum absolute atomic E-state index is 11.8. The fourth-order valence-corrected chi connectivity index (χ4v) is 2.96. The SMILES string of the molecule is CCC(C)C1NC(C(=O)OC(C)(C)C)CS1. The van der Waals surface area contributed by atoms with Gasteiger partial charge in [-0.2, -0.15) is 0 Å². The molecule has 1 fully saturated rings. The molecule has 1 saturated heterocycles. The van der Waals surface area contributed by atoms with Crippen LogP contribution >= 0.6 is 11.8 Å². The first-order chi connectivity index (χ1) is 7.33. The summed E-state index contributed by atoms with van der Waals surface area (Å²) < 4.78 is 5.37. The summed E-state index contributed by atoms with van der Waals surface area (Å²) in [5.74, 6) is 1.30. The van der Waals surface area contributed by atoms with Crippen LogP contribution in [0, 0.1) is 5.92 Å². The summed E-state index contributed by atoms with van der Waals surface area (Å²) in [7, 11) is 0. The lowest BCUT2D eigenvalue weighted by Crippen LogP contribution is -2.42. The molecule has 1 aliphatic heterocycles.